The molecular weight excluding hydrogens is 445 g/mol. The lowest BCUT2D eigenvalue weighted by Crippen LogP contribution is -2.72. The first-order valence-corrected chi connectivity index (χ1v) is 13.2. The molecule has 3 heterocycles. The molecule has 0 amide bonds. The lowest BCUT2D eigenvalue weighted by Gasteiger charge is -2.64. The number of fused-ring (bicyclic) bond motifs is 2. The van der Waals surface area contributed by atoms with Crippen molar-refractivity contribution in [1.29, 1.82) is 0 Å². The lowest BCUT2D eigenvalue weighted by atomic mass is 9.51. The van der Waals surface area contributed by atoms with Crippen LogP contribution in [0.1, 0.15) is 57.4 Å². The van der Waals surface area contributed by atoms with Crippen LogP contribution in [0.2, 0.25) is 0 Å². The summed E-state index contributed by atoms with van der Waals surface area (Å²) in [5.74, 6) is -0.307. The summed E-state index contributed by atoms with van der Waals surface area (Å²) in [6.07, 6.45) is 6.55. The number of nitrogens with one attached hydrogen (secondary N) is 1. The van der Waals surface area contributed by atoms with Crippen molar-refractivity contribution >= 4 is 16.6 Å². The Hall–Kier alpha value is -1.80. The maximum Gasteiger partial charge on any atom is 0.140 e. The van der Waals surface area contributed by atoms with Gasteiger partial charge in [-0.05, 0) is 87.7 Å². The number of alkyl halides is 1. The maximum absolute atomic E-state index is 17.2. The predicted octanol–water partition coefficient (Wildman–Crippen LogP) is 3.84. The van der Waals surface area contributed by atoms with E-state index in [2.05, 4.69) is 41.2 Å². The van der Waals surface area contributed by atoms with E-state index in [1.54, 1.807) is 6.33 Å². The Kier molecular flexibility index (Phi) is 4.44. The van der Waals surface area contributed by atoms with E-state index in [0.29, 0.717) is 19.3 Å². The van der Waals surface area contributed by atoms with Gasteiger partial charge in [0.1, 0.15) is 11.3 Å². The summed E-state index contributed by atoms with van der Waals surface area (Å²) in [7, 11) is 3.87. The Morgan fingerprint density at radius 2 is 1.94 bits per heavy atom. The third-order valence-electron chi connectivity index (χ3n) is 10.9. The first-order chi connectivity index (χ1) is 16.6. The van der Waals surface area contributed by atoms with Crippen LogP contribution in [0, 0.1) is 17.3 Å². The summed E-state index contributed by atoms with van der Waals surface area (Å²) in [6, 6.07) is 6.18. The summed E-state index contributed by atoms with van der Waals surface area (Å²) in [5.41, 5.74) is 1.38. The monoisotopic (exact) mass is 481 g/mol. The van der Waals surface area contributed by atoms with Crippen LogP contribution in [-0.4, -0.2) is 74.3 Å². The van der Waals surface area contributed by atoms with E-state index < -0.39 is 29.1 Å². The highest BCUT2D eigenvalue weighted by atomic mass is 19.1. The molecule has 5 aliphatic rings. The number of aromatic amines is 1. The van der Waals surface area contributed by atoms with E-state index in [0.717, 1.165) is 30.3 Å². The van der Waals surface area contributed by atoms with Crippen LogP contribution >= 0.6 is 0 Å². The van der Waals surface area contributed by atoms with Gasteiger partial charge in [0, 0.05) is 17.9 Å². The minimum atomic E-state index is -1.48. The van der Waals surface area contributed by atoms with Crippen molar-refractivity contribution in [2.75, 3.05) is 14.1 Å². The highest BCUT2D eigenvalue weighted by Crippen LogP contribution is 2.72. The maximum atomic E-state index is 17.2. The zero-order valence-electron chi connectivity index (χ0n) is 20.8. The van der Waals surface area contributed by atoms with Gasteiger partial charge >= 0.3 is 0 Å². The molecule has 2 bridgehead atoms. The Bertz CT molecular complexity index is 1230. The zero-order chi connectivity index (χ0) is 24.4. The van der Waals surface area contributed by atoms with E-state index in [4.69, 9.17) is 4.74 Å². The largest absolute Gasteiger partial charge is 0.390 e. The second kappa shape index (κ2) is 6.94. The number of halogens is 1. The average Bonchev–Trinajstić information content (AvgIpc) is 3.52. The van der Waals surface area contributed by atoms with Gasteiger partial charge in [0.25, 0.3) is 0 Å². The SMILES string of the molecule is CN(C)C1CC23CCC4(O2)C2CC=C(c5ccc6nc[nH]c6c5)C2(C)CCC4(F)CC3C(O)C1O. The third-order valence-corrected chi connectivity index (χ3v) is 10.9. The molecule has 3 aliphatic carbocycles. The highest BCUT2D eigenvalue weighted by Gasteiger charge is 2.77. The average molecular weight is 482 g/mol. The van der Waals surface area contributed by atoms with Gasteiger partial charge in [-0.3, -0.25) is 0 Å². The predicted molar refractivity (Wildman–Crippen MR) is 131 cm³/mol. The van der Waals surface area contributed by atoms with Crippen molar-refractivity contribution in [1.82, 2.24) is 14.9 Å². The van der Waals surface area contributed by atoms with Crippen LogP contribution < -0.4 is 0 Å². The van der Waals surface area contributed by atoms with Gasteiger partial charge < -0.3 is 24.8 Å². The van der Waals surface area contributed by atoms with E-state index in [9.17, 15) is 10.2 Å². The number of aromatic nitrogens is 2. The third kappa shape index (κ3) is 2.65. The highest BCUT2D eigenvalue weighted by molar-refractivity contribution is 5.83. The molecule has 1 aromatic carbocycles. The molecule has 35 heavy (non-hydrogen) atoms. The quantitative estimate of drug-likeness (QED) is 0.607. The van der Waals surface area contributed by atoms with Crippen LogP contribution in [0.4, 0.5) is 4.39 Å². The van der Waals surface area contributed by atoms with Gasteiger partial charge in [0.15, 0.2) is 0 Å². The second-order valence-corrected chi connectivity index (χ2v) is 12.5. The zero-order valence-corrected chi connectivity index (χ0v) is 20.8. The summed E-state index contributed by atoms with van der Waals surface area (Å²) in [6.45, 7) is 2.31. The van der Waals surface area contributed by atoms with Gasteiger partial charge in [-0.25, -0.2) is 9.37 Å². The van der Waals surface area contributed by atoms with Gasteiger partial charge in [-0.15, -0.1) is 0 Å². The first kappa shape index (κ1) is 22.4. The molecule has 7 rings (SSSR count). The summed E-state index contributed by atoms with van der Waals surface area (Å²) >= 11 is 0. The number of rotatable bonds is 2. The molecule has 2 saturated heterocycles. The minimum absolute atomic E-state index is 0.0586. The number of ether oxygens (including phenoxy) is 1. The molecule has 0 radical (unpaired) electrons. The minimum Gasteiger partial charge on any atom is -0.390 e. The summed E-state index contributed by atoms with van der Waals surface area (Å²) < 4.78 is 24.2. The Balaban J connectivity index is 1.28. The fourth-order valence-electron chi connectivity index (χ4n) is 9.11. The number of H-pyrrole nitrogens is 1. The number of aliphatic hydroxyl groups is 2. The number of hydrogen-bond donors (Lipinski definition) is 3. The van der Waals surface area contributed by atoms with Crippen molar-refractivity contribution in [3.63, 3.8) is 0 Å². The van der Waals surface area contributed by atoms with E-state index in [1.165, 1.54) is 11.1 Å². The van der Waals surface area contributed by atoms with E-state index in [-0.39, 0.29) is 29.7 Å². The van der Waals surface area contributed by atoms with Crippen molar-refractivity contribution in [2.45, 2.75) is 87.0 Å². The molecule has 2 aliphatic heterocycles. The molecule has 2 spiro atoms. The van der Waals surface area contributed by atoms with Crippen LogP contribution in [0.5, 0.6) is 0 Å². The van der Waals surface area contributed by atoms with E-state index in [1.807, 2.05) is 19.0 Å². The Morgan fingerprint density at radius 3 is 2.74 bits per heavy atom. The molecule has 9 atom stereocenters. The molecule has 1 aromatic heterocycles. The molecule has 2 aromatic rings. The lowest BCUT2D eigenvalue weighted by molar-refractivity contribution is -0.314. The molecule has 7 heteroatoms. The molecule has 4 fully saturated rings. The van der Waals surface area contributed by atoms with Crippen LogP contribution in [0.25, 0.3) is 16.6 Å². The Morgan fingerprint density at radius 1 is 1.11 bits per heavy atom. The molecule has 2 saturated carbocycles. The molecule has 3 N–H and O–H groups in total. The van der Waals surface area contributed by atoms with Crippen LogP contribution in [-0.2, 0) is 4.74 Å². The van der Waals surface area contributed by atoms with E-state index >= 15 is 4.39 Å². The number of hydrogen-bond acceptors (Lipinski definition) is 5. The first-order valence-electron chi connectivity index (χ1n) is 13.2. The molecule has 9 unspecified atom stereocenters. The smallest absolute Gasteiger partial charge is 0.140 e. The fourth-order valence-corrected chi connectivity index (χ4v) is 9.11. The number of aliphatic hydroxyl groups excluding tert-OH is 2. The molecule has 6 nitrogen and oxygen atoms in total. The second-order valence-electron chi connectivity index (χ2n) is 12.5. The number of nitrogens with zero attached hydrogens (tertiary/aromatic N) is 2. The van der Waals surface area contributed by atoms with Gasteiger partial charge in [-0.1, -0.05) is 19.1 Å². The van der Waals surface area contributed by atoms with Gasteiger partial charge in [0.2, 0.25) is 0 Å². The summed E-state index contributed by atoms with van der Waals surface area (Å²) in [5, 5.41) is 22.0. The van der Waals surface area contributed by atoms with Crippen molar-refractivity contribution in [3.8, 4) is 0 Å². The molecule has 188 valence electrons. The van der Waals surface area contributed by atoms with Crippen molar-refractivity contribution in [3.05, 3.63) is 36.2 Å². The standard InChI is InChI=1S/C28H36FN3O3/c1-25-8-10-27(29)13-18-23(33)24(34)21(32(2)3)14-26(18)9-11-28(27,35-26)22(25)7-5-17(25)16-4-6-19-20(12-16)31-15-30-19/h4-6,12,15,18,21-24,33-34H,7-11,13-14H2,1-3H3,(H,30,31). The number of imidazole rings is 1. The fraction of sp³-hybridized carbons (Fsp3) is 0.679. The summed E-state index contributed by atoms with van der Waals surface area (Å²) in [4.78, 5) is 9.57. The van der Waals surface area contributed by atoms with Crippen LogP contribution in [0.3, 0.4) is 0 Å². The van der Waals surface area contributed by atoms with Gasteiger partial charge in [0.05, 0.1) is 35.2 Å². The topological polar surface area (TPSA) is 81.6 Å². The number of allylic oxidation sites excluding steroid dienone is 2. The Labute approximate surface area is 205 Å². The number of benzene rings is 1. The van der Waals surface area contributed by atoms with Crippen molar-refractivity contribution < 1.29 is 19.3 Å². The molecular formula is C28H36FN3O3. The number of likely N-dealkylation sites (N-methyl/N-ethyl adjacent to an activating group) is 1. The normalized spacial score (nSPS) is 48.5. The van der Waals surface area contributed by atoms with Gasteiger partial charge in [-0.2, -0.15) is 0 Å². The van der Waals surface area contributed by atoms with Crippen LogP contribution in [0.15, 0.2) is 30.6 Å². The van der Waals surface area contributed by atoms with Crippen molar-refractivity contribution in [2.24, 2.45) is 17.3 Å².